The van der Waals surface area contributed by atoms with Gasteiger partial charge in [0, 0.05) is 13.0 Å². The first-order valence-electron chi connectivity index (χ1n) is 5.62. The van der Waals surface area contributed by atoms with Crippen LogP contribution in [0.1, 0.15) is 24.0 Å². The maximum absolute atomic E-state index is 11.2. The zero-order valence-corrected chi connectivity index (χ0v) is 9.90. The van der Waals surface area contributed by atoms with Crippen molar-refractivity contribution in [1.82, 2.24) is 5.32 Å². The first-order valence-corrected chi connectivity index (χ1v) is 5.62. The number of hydrogen-bond donors (Lipinski definition) is 2. The van der Waals surface area contributed by atoms with E-state index in [1.54, 1.807) is 0 Å². The molecule has 4 nitrogen and oxygen atoms in total. The van der Waals surface area contributed by atoms with Crippen molar-refractivity contribution >= 4 is 11.9 Å². The molecule has 0 aliphatic carbocycles. The zero-order chi connectivity index (χ0) is 12.7. The highest BCUT2D eigenvalue weighted by atomic mass is 16.4. The zero-order valence-electron chi connectivity index (χ0n) is 9.90. The molecule has 0 spiro atoms. The molecule has 1 aromatic rings. The molecule has 1 rings (SSSR count). The van der Waals surface area contributed by atoms with Crippen LogP contribution in [0.5, 0.6) is 0 Å². The van der Waals surface area contributed by atoms with Gasteiger partial charge in [0.15, 0.2) is 0 Å². The van der Waals surface area contributed by atoms with Gasteiger partial charge in [0.1, 0.15) is 0 Å². The molecule has 0 aliphatic rings. The van der Waals surface area contributed by atoms with Crippen LogP contribution in [0.25, 0.3) is 0 Å². The van der Waals surface area contributed by atoms with Crippen molar-refractivity contribution in [3.8, 4) is 0 Å². The standard InChI is InChI=1S/C13H17NO3/c1-10-4-2-3-5-11(10)8-9-14-12(15)6-7-13(16)17/h2-5H,6-9H2,1H3,(H,14,15)(H,16,17). The Balaban J connectivity index is 2.26. The summed E-state index contributed by atoms with van der Waals surface area (Å²) < 4.78 is 0. The molecule has 0 saturated carbocycles. The third kappa shape index (κ3) is 5.15. The molecule has 4 heteroatoms. The molecular formula is C13H17NO3. The van der Waals surface area contributed by atoms with Crippen LogP contribution in [0.4, 0.5) is 0 Å². The van der Waals surface area contributed by atoms with Crippen LogP contribution in [-0.2, 0) is 16.0 Å². The normalized spacial score (nSPS) is 9.94. The van der Waals surface area contributed by atoms with Gasteiger partial charge in [-0.15, -0.1) is 0 Å². The van der Waals surface area contributed by atoms with E-state index in [0.29, 0.717) is 6.54 Å². The Morgan fingerprint density at radius 3 is 2.59 bits per heavy atom. The summed E-state index contributed by atoms with van der Waals surface area (Å²) in [6, 6.07) is 8.00. The fraction of sp³-hybridized carbons (Fsp3) is 0.385. The third-order valence-electron chi connectivity index (χ3n) is 2.54. The van der Waals surface area contributed by atoms with Crippen molar-refractivity contribution in [2.75, 3.05) is 6.54 Å². The van der Waals surface area contributed by atoms with Gasteiger partial charge < -0.3 is 10.4 Å². The summed E-state index contributed by atoms with van der Waals surface area (Å²) in [5.41, 5.74) is 2.40. The van der Waals surface area contributed by atoms with Gasteiger partial charge in [0.05, 0.1) is 6.42 Å². The lowest BCUT2D eigenvalue weighted by atomic mass is 10.1. The Morgan fingerprint density at radius 1 is 1.24 bits per heavy atom. The SMILES string of the molecule is Cc1ccccc1CCNC(=O)CCC(=O)O. The summed E-state index contributed by atoms with van der Waals surface area (Å²) in [7, 11) is 0. The highest BCUT2D eigenvalue weighted by Crippen LogP contribution is 2.06. The molecule has 2 N–H and O–H groups in total. The molecule has 0 unspecified atom stereocenters. The fourth-order valence-corrected chi connectivity index (χ4v) is 1.54. The molecule has 1 aromatic carbocycles. The van der Waals surface area contributed by atoms with Crippen LogP contribution in [0.2, 0.25) is 0 Å². The van der Waals surface area contributed by atoms with Crippen LogP contribution in [0.15, 0.2) is 24.3 Å². The number of hydrogen-bond acceptors (Lipinski definition) is 2. The first-order chi connectivity index (χ1) is 8.09. The van der Waals surface area contributed by atoms with Gasteiger partial charge in [0.25, 0.3) is 0 Å². The lowest BCUT2D eigenvalue weighted by Gasteiger charge is -2.06. The number of carbonyl (C=O) groups excluding carboxylic acids is 1. The summed E-state index contributed by atoms with van der Waals surface area (Å²) in [5.74, 6) is -1.15. The highest BCUT2D eigenvalue weighted by molar-refractivity contribution is 5.80. The van der Waals surface area contributed by atoms with Gasteiger partial charge in [0.2, 0.25) is 5.91 Å². The minimum atomic E-state index is -0.945. The van der Waals surface area contributed by atoms with Crippen LogP contribution in [0.3, 0.4) is 0 Å². The first kappa shape index (κ1) is 13.2. The maximum atomic E-state index is 11.2. The predicted molar refractivity (Wildman–Crippen MR) is 64.8 cm³/mol. The third-order valence-corrected chi connectivity index (χ3v) is 2.54. The van der Waals surface area contributed by atoms with Crippen molar-refractivity contribution in [3.05, 3.63) is 35.4 Å². The lowest BCUT2D eigenvalue weighted by molar-refractivity contribution is -0.138. The highest BCUT2D eigenvalue weighted by Gasteiger charge is 2.04. The van der Waals surface area contributed by atoms with Crippen LogP contribution >= 0.6 is 0 Å². The number of nitrogens with one attached hydrogen (secondary N) is 1. The number of carboxylic acids is 1. The molecule has 0 fully saturated rings. The maximum Gasteiger partial charge on any atom is 0.303 e. The van der Waals surface area contributed by atoms with E-state index in [1.165, 1.54) is 11.1 Å². The topological polar surface area (TPSA) is 66.4 Å². The van der Waals surface area contributed by atoms with E-state index in [4.69, 9.17) is 5.11 Å². The van der Waals surface area contributed by atoms with Crippen molar-refractivity contribution in [3.63, 3.8) is 0 Å². The molecule has 0 aliphatic heterocycles. The second-order valence-corrected chi connectivity index (χ2v) is 3.92. The largest absolute Gasteiger partial charge is 0.481 e. The molecule has 17 heavy (non-hydrogen) atoms. The Morgan fingerprint density at radius 2 is 1.94 bits per heavy atom. The smallest absolute Gasteiger partial charge is 0.303 e. The van der Waals surface area contributed by atoms with Gasteiger partial charge in [-0.1, -0.05) is 24.3 Å². The van der Waals surface area contributed by atoms with E-state index in [-0.39, 0.29) is 18.7 Å². The van der Waals surface area contributed by atoms with E-state index < -0.39 is 5.97 Å². The molecule has 0 saturated heterocycles. The van der Waals surface area contributed by atoms with E-state index in [1.807, 2.05) is 31.2 Å². The number of carboxylic acid groups (broad SMARTS) is 1. The molecule has 0 aromatic heterocycles. The molecule has 0 bridgehead atoms. The van der Waals surface area contributed by atoms with Gasteiger partial charge >= 0.3 is 5.97 Å². The van der Waals surface area contributed by atoms with Crippen molar-refractivity contribution in [2.24, 2.45) is 0 Å². The van der Waals surface area contributed by atoms with Crippen LogP contribution in [0, 0.1) is 6.92 Å². The monoisotopic (exact) mass is 235 g/mol. The van der Waals surface area contributed by atoms with Crippen LogP contribution < -0.4 is 5.32 Å². The second-order valence-electron chi connectivity index (χ2n) is 3.92. The number of aliphatic carboxylic acids is 1. The van der Waals surface area contributed by atoms with E-state index in [0.717, 1.165) is 6.42 Å². The summed E-state index contributed by atoms with van der Waals surface area (Å²) in [5, 5.41) is 11.1. The number of benzene rings is 1. The molecule has 0 radical (unpaired) electrons. The minimum absolute atomic E-state index is 0.0447. The van der Waals surface area contributed by atoms with E-state index in [9.17, 15) is 9.59 Å². The Bertz CT molecular complexity index is 401. The number of aryl methyl sites for hydroxylation is 1. The van der Waals surface area contributed by atoms with Gasteiger partial charge in [-0.2, -0.15) is 0 Å². The average Bonchev–Trinajstić information content (AvgIpc) is 2.29. The Labute approximate surface area is 101 Å². The Kier molecular flexibility index (Phi) is 5.20. The number of carbonyl (C=O) groups is 2. The fourth-order valence-electron chi connectivity index (χ4n) is 1.54. The number of rotatable bonds is 6. The quantitative estimate of drug-likeness (QED) is 0.785. The lowest BCUT2D eigenvalue weighted by Crippen LogP contribution is -2.26. The van der Waals surface area contributed by atoms with E-state index in [2.05, 4.69) is 5.32 Å². The molecule has 1 amide bonds. The van der Waals surface area contributed by atoms with E-state index >= 15 is 0 Å². The molecular weight excluding hydrogens is 218 g/mol. The molecule has 0 heterocycles. The molecule has 0 atom stereocenters. The molecule has 92 valence electrons. The average molecular weight is 235 g/mol. The van der Waals surface area contributed by atoms with Crippen molar-refractivity contribution < 1.29 is 14.7 Å². The summed E-state index contributed by atoms with van der Waals surface area (Å²) in [6.45, 7) is 2.57. The van der Waals surface area contributed by atoms with Gasteiger partial charge in [-0.05, 0) is 24.5 Å². The summed E-state index contributed by atoms with van der Waals surface area (Å²) in [4.78, 5) is 21.5. The second kappa shape index (κ2) is 6.68. The van der Waals surface area contributed by atoms with Crippen molar-refractivity contribution in [1.29, 1.82) is 0 Å². The van der Waals surface area contributed by atoms with Gasteiger partial charge in [-0.25, -0.2) is 0 Å². The summed E-state index contributed by atoms with van der Waals surface area (Å²) in [6.07, 6.45) is 0.699. The van der Waals surface area contributed by atoms with Gasteiger partial charge in [-0.3, -0.25) is 9.59 Å². The van der Waals surface area contributed by atoms with Crippen LogP contribution in [-0.4, -0.2) is 23.5 Å². The number of amides is 1. The summed E-state index contributed by atoms with van der Waals surface area (Å²) >= 11 is 0. The predicted octanol–water partition coefficient (Wildman–Crippen LogP) is 1.52. The minimum Gasteiger partial charge on any atom is -0.481 e. The Hall–Kier alpha value is -1.84. The van der Waals surface area contributed by atoms with Crippen molar-refractivity contribution in [2.45, 2.75) is 26.2 Å².